The third-order valence-corrected chi connectivity index (χ3v) is 4.55. The Morgan fingerprint density at radius 3 is 2.71 bits per heavy atom. The van der Waals surface area contributed by atoms with Crippen LogP contribution in [0, 0.1) is 0 Å². The lowest BCUT2D eigenvalue weighted by Gasteiger charge is -2.27. The fourth-order valence-electron chi connectivity index (χ4n) is 3.28. The van der Waals surface area contributed by atoms with Gasteiger partial charge in [0.2, 0.25) is 0 Å². The molecule has 1 aliphatic carbocycles. The number of benzene rings is 1. The zero-order chi connectivity index (χ0) is 16.1. The number of ether oxygens (including phenoxy) is 1. The van der Waals surface area contributed by atoms with Crippen LogP contribution < -0.4 is 15.4 Å². The van der Waals surface area contributed by atoms with Gasteiger partial charge in [0.1, 0.15) is 11.9 Å². The molecule has 1 atom stereocenters. The highest BCUT2D eigenvalue weighted by Gasteiger charge is 2.23. The molecule has 0 bridgehead atoms. The zero-order valence-electron chi connectivity index (χ0n) is 14.2. The van der Waals surface area contributed by atoms with Gasteiger partial charge in [0, 0.05) is 19.0 Å². The highest BCUT2D eigenvalue weighted by atomic mass is 127. The Morgan fingerprint density at radius 2 is 2.00 bits per heavy atom. The number of nitrogens with zero attached hydrogens (tertiary/aromatic N) is 1. The molecule has 24 heavy (non-hydrogen) atoms. The molecule has 6 heteroatoms. The SMILES string of the molecule is CCNC(=NCC1Cc2ccccc2O1)NC1CCC(O)CC1.I. The van der Waals surface area contributed by atoms with Gasteiger partial charge in [-0.1, -0.05) is 18.2 Å². The monoisotopic (exact) mass is 445 g/mol. The van der Waals surface area contributed by atoms with E-state index >= 15 is 0 Å². The summed E-state index contributed by atoms with van der Waals surface area (Å²) in [6.07, 6.45) is 4.66. The second-order valence-electron chi connectivity index (χ2n) is 6.42. The quantitative estimate of drug-likeness (QED) is 0.379. The summed E-state index contributed by atoms with van der Waals surface area (Å²) in [5, 5.41) is 16.4. The van der Waals surface area contributed by atoms with Crippen molar-refractivity contribution in [2.24, 2.45) is 4.99 Å². The van der Waals surface area contributed by atoms with Crippen molar-refractivity contribution in [1.29, 1.82) is 0 Å². The molecule has 0 saturated heterocycles. The van der Waals surface area contributed by atoms with Crippen LogP contribution in [-0.4, -0.2) is 42.4 Å². The number of hydrogen-bond acceptors (Lipinski definition) is 3. The summed E-state index contributed by atoms with van der Waals surface area (Å²) >= 11 is 0. The van der Waals surface area contributed by atoms with Crippen LogP contribution in [0.15, 0.2) is 29.3 Å². The number of guanidine groups is 1. The normalized spacial score (nSPS) is 26.1. The predicted octanol–water partition coefficient (Wildman–Crippen LogP) is 2.47. The molecule has 0 aromatic heterocycles. The van der Waals surface area contributed by atoms with Crippen molar-refractivity contribution in [2.45, 2.75) is 57.3 Å². The summed E-state index contributed by atoms with van der Waals surface area (Å²) in [5.41, 5.74) is 1.27. The number of para-hydroxylation sites is 1. The molecule has 0 spiro atoms. The zero-order valence-corrected chi connectivity index (χ0v) is 16.5. The molecule has 0 radical (unpaired) electrons. The van der Waals surface area contributed by atoms with Crippen LogP contribution in [0.25, 0.3) is 0 Å². The number of nitrogens with one attached hydrogen (secondary N) is 2. The molecule has 1 saturated carbocycles. The summed E-state index contributed by atoms with van der Waals surface area (Å²) < 4.78 is 5.94. The molecule has 1 unspecified atom stereocenters. The van der Waals surface area contributed by atoms with Crippen molar-refractivity contribution in [2.75, 3.05) is 13.1 Å². The Bertz CT molecular complexity index is 520. The van der Waals surface area contributed by atoms with Crippen LogP contribution in [-0.2, 0) is 6.42 Å². The molecule has 5 nitrogen and oxygen atoms in total. The molecule has 134 valence electrons. The fourth-order valence-corrected chi connectivity index (χ4v) is 3.28. The van der Waals surface area contributed by atoms with E-state index in [1.54, 1.807) is 0 Å². The minimum Gasteiger partial charge on any atom is -0.488 e. The van der Waals surface area contributed by atoms with E-state index in [1.807, 2.05) is 12.1 Å². The molecular formula is C18H28IN3O2. The van der Waals surface area contributed by atoms with Gasteiger partial charge in [-0.3, -0.25) is 0 Å². The molecule has 1 aliphatic heterocycles. The lowest BCUT2D eigenvalue weighted by Crippen LogP contribution is -2.45. The summed E-state index contributed by atoms with van der Waals surface area (Å²) in [7, 11) is 0. The summed E-state index contributed by atoms with van der Waals surface area (Å²) in [4.78, 5) is 4.70. The number of aliphatic imine (C=N–C) groups is 1. The van der Waals surface area contributed by atoms with Crippen LogP contribution in [0.5, 0.6) is 5.75 Å². The fraction of sp³-hybridized carbons (Fsp3) is 0.611. The summed E-state index contributed by atoms with van der Waals surface area (Å²) in [6.45, 7) is 3.57. The van der Waals surface area contributed by atoms with Gasteiger partial charge in [-0.05, 0) is 44.2 Å². The van der Waals surface area contributed by atoms with E-state index in [2.05, 4.69) is 29.7 Å². The van der Waals surface area contributed by atoms with Crippen molar-refractivity contribution >= 4 is 29.9 Å². The highest BCUT2D eigenvalue weighted by molar-refractivity contribution is 14.0. The maximum atomic E-state index is 9.61. The van der Waals surface area contributed by atoms with E-state index in [0.29, 0.717) is 12.6 Å². The third-order valence-electron chi connectivity index (χ3n) is 4.55. The minimum absolute atomic E-state index is 0. The van der Waals surface area contributed by atoms with Gasteiger partial charge in [-0.2, -0.15) is 0 Å². The first-order valence-corrected chi connectivity index (χ1v) is 8.72. The van der Waals surface area contributed by atoms with Crippen LogP contribution in [0.2, 0.25) is 0 Å². The second-order valence-corrected chi connectivity index (χ2v) is 6.42. The van der Waals surface area contributed by atoms with Crippen LogP contribution in [0.3, 0.4) is 0 Å². The standard InChI is InChI=1S/C18H27N3O2.HI/c1-2-19-18(21-14-7-9-15(22)10-8-14)20-12-16-11-13-5-3-4-6-17(13)23-16;/h3-6,14-16,22H,2,7-12H2,1H3,(H2,19,20,21);1H. The molecule has 1 fully saturated rings. The molecule has 2 aliphatic rings. The first-order valence-electron chi connectivity index (χ1n) is 8.72. The molecule has 1 aromatic rings. The highest BCUT2D eigenvalue weighted by Crippen LogP contribution is 2.28. The average molecular weight is 445 g/mol. The number of halogens is 1. The summed E-state index contributed by atoms with van der Waals surface area (Å²) in [5.74, 6) is 1.85. The first-order chi connectivity index (χ1) is 11.2. The van der Waals surface area contributed by atoms with Crippen LogP contribution in [0.4, 0.5) is 0 Å². The van der Waals surface area contributed by atoms with Crippen molar-refractivity contribution in [3.05, 3.63) is 29.8 Å². The Kier molecular flexibility index (Phi) is 7.61. The van der Waals surface area contributed by atoms with E-state index in [9.17, 15) is 5.11 Å². The van der Waals surface area contributed by atoms with Crippen LogP contribution >= 0.6 is 24.0 Å². The van der Waals surface area contributed by atoms with E-state index in [4.69, 9.17) is 9.73 Å². The third kappa shape index (κ3) is 5.24. The van der Waals surface area contributed by atoms with Gasteiger partial charge >= 0.3 is 0 Å². The van der Waals surface area contributed by atoms with Gasteiger partial charge in [0.05, 0.1) is 12.6 Å². The van der Waals surface area contributed by atoms with E-state index in [1.165, 1.54) is 5.56 Å². The lowest BCUT2D eigenvalue weighted by atomic mass is 9.93. The smallest absolute Gasteiger partial charge is 0.191 e. The molecule has 1 aromatic carbocycles. The van der Waals surface area contributed by atoms with E-state index in [0.717, 1.165) is 50.4 Å². The Labute approximate surface area is 161 Å². The van der Waals surface area contributed by atoms with Gasteiger partial charge in [0.25, 0.3) is 0 Å². The van der Waals surface area contributed by atoms with Gasteiger partial charge in [0.15, 0.2) is 5.96 Å². The van der Waals surface area contributed by atoms with E-state index < -0.39 is 0 Å². The first kappa shape index (κ1) is 19.3. The maximum Gasteiger partial charge on any atom is 0.191 e. The second kappa shape index (κ2) is 9.46. The van der Waals surface area contributed by atoms with Crippen LogP contribution in [0.1, 0.15) is 38.2 Å². The Morgan fingerprint density at radius 1 is 1.25 bits per heavy atom. The molecule has 3 rings (SSSR count). The van der Waals surface area contributed by atoms with Crippen molar-refractivity contribution in [3.8, 4) is 5.75 Å². The molecule has 0 amide bonds. The van der Waals surface area contributed by atoms with Gasteiger partial charge in [-0.25, -0.2) is 4.99 Å². The van der Waals surface area contributed by atoms with Crippen molar-refractivity contribution in [1.82, 2.24) is 10.6 Å². The number of aliphatic hydroxyl groups is 1. The Hall–Kier alpha value is -1.02. The lowest BCUT2D eigenvalue weighted by molar-refractivity contribution is 0.120. The largest absolute Gasteiger partial charge is 0.488 e. The predicted molar refractivity (Wildman–Crippen MR) is 107 cm³/mol. The van der Waals surface area contributed by atoms with Gasteiger partial charge in [-0.15, -0.1) is 24.0 Å². The number of aliphatic hydroxyl groups excluding tert-OH is 1. The maximum absolute atomic E-state index is 9.61. The van der Waals surface area contributed by atoms with Crippen molar-refractivity contribution < 1.29 is 9.84 Å². The molecule has 1 heterocycles. The molecule has 3 N–H and O–H groups in total. The minimum atomic E-state index is -0.127. The molecular weight excluding hydrogens is 417 g/mol. The number of rotatable bonds is 4. The number of hydrogen-bond donors (Lipinski definition) is 3. The Balaban J connectivity index is 0.00000208. The number of fused-ring (bicyclic) bond motifs is 1. The summed E-state index contributed by atoms with van der Waals surface area (Å²) in [6, 6.07) is 8.61. The van der Waals surface area contributed by atoms with Gasteiger partial charge < -0.3 is 20.5 Å². The van der Waals surface area contributed by atoms with E-state index in [-0.39, 0.29) is 36.2 Å². The topological polar surface area (TPSA) is 65.9 Å². The van der Waals surface area contributed by atoms with Crippen molar-refractivity contribution in [3.63, 3.8) is 0 Å². The average Bonchev–Trinajstić information content (AvgIpc) is 2.98.